The average molecular weight is 235 g/mol. The molecule has 17 heavy (non-hydrogen) atoms. The molecule has 7 heteroatoms. The molecule has 0 radical (unpaired) electrons. The zero-order valence-corrected chi connectivity index (χ0v) is 9.32. The van der Waals surface area contributed by atoms with Gasteiger partial charge in [-0.15, -0.1) is 0 Å². The van der Waals surface area contributed by atoms with Gasteiger partial charge in [0.1, 0.15) is 17.9 Å². The Morgan fingerprint density at radius 3 is 3.00 bits per heavy atom. The van der Waals surface area contributed by atoms with Crippen molar-refractivity contribution in [2.45, 2.75) is 31.8 Å². The van der Waals surface area contributed by atoms with Crippen LogP contribution in [-0.2, 0) is 4.74 Å². The maximum Gasteiger partial charge on any atom is 0.167 e. The molecule has 0 aromatic carbocycles. The van der Waals surface area contributed by atoms with E-state index in [1.165, 1.54) is 6.33 Å². The molecule has 0 bridgehead atoms. The molecule has 2 aromatic heterocycles. The fourth-order valence-corrected chi connectivity index (χ4v) is 2.15. The Morgan fingerprint density at radius 1 is 1.47 bits per heavy atom. The van der Waals surface area contributed by atoms with Crippen LogP contribution in [0.25, 0.3) is 11.2 Å². The topological polar surface area (TPSA) is 99.1 Å². The molecule has 1 saturated heterocycles. The highest BCUT2D eigenvalue weighted by Crippen LogP contribution is 2.30. The number of imidazole rings is 1. The van der Waals surface area contributed by atoms with Gasteiger partial charge < -0.3 is 15.6 Å². The van der Waals surface area contributed by atoms with Crippen molar-refractivity contribution in [1.29, 1.82) is 0 Å². The van der Waals surface area contributed by atoms with Crippen LogP contribution in [0.5, 0.6) is 0 Å². The van der Waals surface area contributed by atoms with Crippen LogP contribution in [0.1, 0.15) is 19.6 Å². The lowest BCUT2D eigenvalue weighted by Crippen LogP contribution is -2.19. The Balaban J connectivity index is 2.09. The third kappa shape index (κ3) is 1.55. The number of aliphatic hydroxyl groups is 1. The van der Waals surface area contributed by atoms with Gasteiger partial charge in [-0.25, -0.2) is 15.0 Å². The van der Waals surface area contributed by atoms with E-state index in [1.807, 2.05) is 6.92 Å². The first kappa shape index (κ1) is 10.4. The first-order valence-electron chi connectivity index (χ1n) is 5.43. The summed E-state index contributed by atoms with van der Waals surface area (Å²) < 4.78 is 7.33. The highest BCUT2D eigenvalue weighted by molar-refractivity contribution is 5.81. The summed E-state index contributed by atoms with van der Waals surface area (Å²) in [6.07, 6.45) is 2.56. The molecule has 0 aliphatic carbocycles. The van der Waals surface area contributed by atoms with Crippen LogP contribution < -0.4 is 5.73 Å². The third-order valence-corrected chi connectivity index (χ3v) is 2.94. The molecule has 7 nitrogen and oxygen atoms in total. The molecule has 3 unspecified atom stereocenters. The maximum absolute atomic E-state index is 9.91. The van der Waals surface area contributed by atoms with Gasteiger partial charge in [0.25, 0.3) is 0 Å². The molecule has 0 spiro atoms. The normalized spacial score (nSPS) is 28.9. The Kier molecular flexibility index (Phi) is 2.23. The SMILES string of the molecule is CC1CC(O)C(n2cnc3c(N)ncnc32)O1. The van der Waals surface area contributed by atoms with Crippen LogP contribution in [0, 0.1) is 0 Å². The maximum atomic E-state index is 9.91. The molecule has 3 atom stereocenters. The average Bonchev–Trinajstić information content (AvgIpc) is 2.83. The third-order valence-electron chi connectivity index (χ3n) is 2.94. The predicted molar refractivity (Wildman–Crippen MR) is 59.9 cm³/mol. The molecule has 1 aliphatic heterocycles. The van der Waals surface area contributed by atoms with Crippen LogP contribution in [0.15, 0.2) is 12.7 Å². The second-order valence-electron chi connectivity index (χ2n) is 4.22. The van der Waals surface area contributed by atoms with Crippen molar-refractivity contribution >= 4 is 17.0 Å². The summed E-state index contributed by atoms with van der Waals surface area (Å²) in [5, 5.41) is 9.91. The smallest absolute Gasteiger partial charge is 0.167 e. The summed E-state index contributed by atoms with van der Waals surface area (Å²) in [7, 11) is 0. The van der Waals surface area contributed by atoms with E-state index in [1.54, 1.807) is 10.9 Å². The van der Waals surface area contributed by atoms with Gasteiger partial charge in [-0.1, -0.05) is 0 Å². The number of nitrogen functional groups attached to an aromatic ring is 1. The molecule has 3 rings (SSSR count). The highest BCUT2D eigenvalue weighted by atomic mass is 16.5. The molecule has 0 saturated carbocycles. The first-order chi connectivity index (χ1) is 8.16. The van der Waals surface area contributed by atoms with Crippen LogP contribution >= 0.6 is 0 Å². The summed E-state index contributed by atoms with van der Waals surface area (Å²) >= 11 is 0. The van der Waals surface area contributed by atoms with Crippen molar-refractivity contribution < 1.29 is 9.84 Å². The number of aromatic nitrogens is 4. The number of hydrogen-bond donors (Lipinski definition) is 2. The molecular weight excluding hydrogens is 222 g/mol. The second-order valence-corrected chi connectivity index (χ2v) is 4.22. The summed E-state index contributed by atoms with van der Waals surface area (Å²) in [5.74, 6) is 0.328. The number of ether oxygens (including phenoxy) is 1. The van der Waals surface area contributed by atoms with E-state index in [0.717, 1.165) is 0 Å². The van der Waals surface area contributed by atoms with Crippen LogP contribution in [-0.4, -0.2) is 36.8 Å². The Hall–Kier alpha value is -1.73. The summed E-state index contributed by atoms with van der Waals surface area (Å²) in [5.41, 5.74) is 6.81. The summed E-state index contributed by atoms with van der Waals surface area (Å²) in [6, 6.07) is 0. The van der Waals surface area contributed by atoms with Gasteiger partial charge in [0.15, 0.2) is 17.7 Å². The van der Waals surface area contributed by atoms with Gasteiger partial charge >= 0.3 is 0 Å². The molecule has 1 fully saturated rings. The highest BCUT2D eigenvalue weighted by Gasteiger charge is 2.33. The lowest BCUT2D eigenvalue weighted by atomic mass is 10.2. The van der Waals surface area contributed by atoms with Gasteiger partial charge in [0.05, 0.1) is 12.4 Å². The quantitative estimate of drug-likeness (QED) is 0.726. The van der Waals surface area contributed by atoms with Crippen molar-refractivity contribution in [3.05, 3.63) is 12.7 Å². The number of aliphatic hydroxyl groups excluding tert-OH is 1. The van der Waals surface area contributed by atoms with Crippen LogP contribution in [0.2, 0.25) is 0 Å². The Bertz CT molecular complexity index is 555. The van der Waals surface area contributed by atoms with Gasteiger partial charge in [-0.2, -0.15) is 0 Å². The zero-order valence-electron chi connectivity index (χ0n) is 9.32. The Labute approximate surface area is 97.3 Å². The zero-order chi connectivity index (χ0) is 12.0. The summed E-state index contributed by atoms with van der Waals surface area (Å²) in [6.45, 7) is 1.92. The lowest BCUT2D eigenvalue weighted by Gasteiger charge is -2.15. The molecule has 2 aromatic rings. The van der Waals surface area contributed by atoms with Crippen molar-refractivity contribution in [2.24, 2.45) is 0 Å². The van der Waals surface area contributed by atoms with Crippen molar-refractivity contribution in [2.75, 3.05) is 5.73 Å². The van der Waals surface area contributed by atoms with Crippen LogP contribution in [0.4, 0.5) is 5.82 Å². The molecule has 0 amide bonds. The summed E-state index contributed by atoms with van der Waals surface area (Å²) in [4.78, 5) is 12.1. The van der Waals surface area contributed by atoms with Gasteiger partial charge in [0.2, 0.25) is 0 Å². The lowest BCUT2D eigenvalue weighted by molar-refractivity contribution is -0.0297. The molecule has 3 heterocycles. The standard InChI is InChI=1S/C10H13N5O2/c1-5-2-6(16)10(17-5)15-4-14-7-8(11)12-3-13-9(7)15/h3-6,10,16H,2H2,1H3,(H2,11,12,13). The van der Waals surface area contributed by atoms with E-state index in [2.05, 4.69) is 15.0 Å². The van der Waals surface area contributed by atoms with E-state index in [9.17, 15) is 5.11 Å². The van der Waals surface area contributed by atoms with E-state index in [4.69, 9.17) is 10.5 Å². The van der Waals surface area contributed by atoms with E-state index in [-0.39, 0.29) is 6.10 Å². The molecule has 1 aliphatic rings. The minimum atomic E-state index is -0.557. The van der Waals surface area contributed by atoms with Crippen molar-refractivity contribution in [3.8, 4) is 0 Å². The van der Waals surface area contributed by atoms with E-state index >= 15 is 0 Å². The van der Waals surface area contributed by atoms with Crippen molar-refractivity contribution in [1.82, 2.24) is 19.5 Å². The minimum Gasteiger partial charge on any atom is -0.388 e. The fourth-order valence-electron chi connectivity index (χ4n) is 2.15. The fraction of sp³-hybridized carbons (Fsp3) is 0.500. The Morgan fingerprint density at radius 2 is 2.29 bits per heavy atom. The van der Waals surface area contributed by atoms with E-state index in [0.29, 0.717) is 23.4 Å². The predicted octanol–water partition coefficient (Wildman–Crippen LogP) is 0.0768. The van der Waals surface area contributed by atoms with Gasteiger partial charge in [-0.3, -0.25) is 4.57 Å². The van der Waals surface area contributed by atoms with Crippen molar-refractivity contribution in [3.63, 3.8) is 0 Å². The number of nitrogens with two attached hydrogens (primary N) is 1. The van der Waals surface area contributed by atoms with Gasteiger partial charge in [-0.05, 0) is 6.92 Å². The van der Waals surface area contributed by atoms with Crippen LogP contribution in [0.3, 0.4) is 0 Å². The van der Waals surface area contributed by atoms with E-state index < -0.39 is 12.3 Å². The number of anilines is 1. The first-order valence-corrected chi connectivity index (χ1v) is 5.43. The molecule has 3 N–H and O–H groups in total. The number of nitrogens with zero attached hydrogens (tertiary/aromatic N) is 4. The molecular formula is C10H13N5O2. The monoisotopic (exact) mass is 235 g/mol. The van der Waals surface area contributed by atoms with Gasteiger partial charge in [0, 0.05) is 6.42 Å². The second kappa shape index (κ2) is 3.64. The number of rotatable bonds is 1. The number of fused-ring (bicyclic) bond motifs is 1. The minimum absolute atomic E-state index is 0.0200. The molecule has 90 valence electrons. The largest absolute Gasteiger partial charge is 0.388 e. The number of hydrogen-bond acceptors (Lipinski definition) is 6.